The molecule has 0 saturated heterocycles. The third kappa shape index (κ3) is 3.51. The van der Waals surface area contributed by atoms with E-state index in [2.05, 4.69) is 23.5 Å². The van der Waals surface area contributed by atoms with E-state index < -0.39 is 0 Å². The van der Waals surface area contributed by atoms with Gasteiger partial charge in [-0.3, -0.25) is 0 Å². The Labute approximate surface area is 142 Å². The first-order valence-electron chi connectivity index (χ1n) is 8.41. The molecule has 0 amide bonds. The number of nitrogens with zero attached hydrogens (tertiary/aromatic N) is 1. The van der Waals surface area contributed by atoms with Gasteiger partial charge in [0.25, 0.3) is 0 Å². The molecule has 0 spiro atoms. The van der Waals surface area contributed by atoms with Crippen molar-refractivity contribution in [2.45, 2.75) is 19.8 Å². The van der Waals surface area contributed by atoms with Crippen LogP contribution in [-0.2, 0) is 0 Å². The fraction of sp³-hybridized carbons (Fsp3) is 0.238. The van der Waals surface area contributed by atoms with Crippen LogP contribution in [0.2, 0.25) is 0 Å². The number of aromatic nitrogens is 1. The zero-order chi connectivity index (χ0) is 16.4. The van der Waals surface area contributed by atoms with E-state index in [9.17, 15) is 0 Å². The van der Waals surface area contributed by atoms with Crippen molar-refractivity contribution in [1.82, 2.24) is 4.98 Å². The summed E-state index contributed by atoms with van der Waals surface area (Å²) in [5.74, 6) is 3.01. The third-order valence-corrected chi connectivity index (χ3v) is 4.25. The van der Waals surface area contributed by atoms with Crippen LogP contribution in [0.15, 0.2) is 54.6 Å². The molecule has 0 unspecified atom stereocenters. The van der Waals surface area contributed by atoms with E-state index in [1.165, 1.54) is 18.4 Å². The van der Waals surface area contributed by atoms with Crippen LogP contribution < -0.4 is 9.47 Å². The number of fused-ring (bicyclic) bond motifs is 1. The van der Waals surface area contributed by atoms with E-state index >= 15 is 0 Å². The van der Waals surface area contributed by atoms with E-state index in [0.717, 1.165) is 34.9 Å². The highest BCUT2D eigenvalue weighted by Crippen LogP contribution is 2.30. The quantitative estimate of drug-likeness (QED) is 0.611. The normalized spacial score (nSPS) is 13.9. The predicted molar refractivity (Wildman–Crippen MR) is 95.6 cm³/mol. The van der Waals surface area contributed by atoms with Crippen molar-refractivity contribution in [3.05, 3.63) is 66.6 Å². The largest absolute Gasteiger partial charge is 0.493 e. The summed E-state index contributed by atoms with van der Waals surface area (Å²) < 4.78 is 11.6. The van der Waals surface area contributed by atoms with Gasteiger partial charge in [0.1, 0.15) is 11.5 Å². The Hall–Kier alpha value is -2.55. The van der Waals surface area contributed by atoms with Crippen molar-refractivity contribution in [3.8, 4) is 17.4 Å². The molecule has 3 heteroatoms. The molecule has 0 N–H and O–H groups in total. The molecule has 0 atom stereocenters. The summed E-state index contributed by atoms with van der Waals surface area (Å²) in [5, 5.41) is 1.11. The first kappa shape index (κ1) is 15.0. The van der Waals surface area contributed by atoms with Gasteiger partial charge in [0, 0.05) is 11.5 Å². The zero-order valence-corrected chi connectivity index (χ0v) is 13.7. The molecule has 3 aromatic rings. The highest BCUT2D eigenvalue weighted by atomic mass is 16.5. The Morgan fingerprint density at radius 1 is 1.00 bits per heavy atom. The number of benzene rings is 2. The smallest absolute Gasteiger partial charge is 0.219 e. The van der Waals surface area contributed by atoms with Gasteiger partial charge in [0.05, 0.1) is 12.1 Å². The summed E-state index contributed by atoms with van der Waals surface area (Å²) in [6.07, 6.45) is 4.68. The number of hydrogen-bond donors (Lipinski definition) is 0. The lowest BCUT2D eigenvalue weighted by molar-refractivity contribution is 0.299. The second-order valence-electron chi connectivity index (χ2n) is 6.22. The maximum Gasteiger partial charge on any atom is 0.219 e. The minimum absolute atomic E-state index is 0.599. The molecular formula is C21H20NO2. The summed E-state index contributed by atoms with van der Waals surface area (Å²) in [6.45, 7) is 2.85. The molecule has 4 rings (SSSR count). The lowest BCUT2D eigenvalue weighted by atomic mass is 10.1. The van der Waals surface area contributed by atoms with Crippen molar-refractivity contribution in [1.29, 1.82) is 0 Å². The molecule has 0 aliphatic heterocycles. The fourth-order valence-electron chi connectivity index (χ4n) is 2.59. The number of rotatable bonds is 6. The standard InChI is InChI=1S/C21H20NO2/c1-2-15-5-11-20-17(13-15)6-12-21(22-20)24-19-9-7-18(8-10-19)23-14-16-3-4-16/h2,5-13,16H,3-4,14H2,1H3. The Morgan fingerprint density at radius 2 is 1.79 bits per heavy atom. The molecule has 1 aliphatic carbocycles. The molecular weight excluding hydrogens is 298 g/mol. The van der Waals surface area contributed by atoms with Crippen molar-refractivity contribution < 1.29 is 9.47 Å². The van der Waals surface area contributed by atoms with Gasteiger partial charge in [-0.1, -0.05) is 13.0 Å². The Morgan fingerprint density at radius 3 is 2.54 bits per heavy atom. The first-order valence-corrected chi connectivity index (χ1v) is 8.41. The van der Waals surface area contributed by atoms with Crippen LogP contribution >= 0.6 is 0 Å². The van der Waals surface area contributed by atoms with Gasteiger partial charge in [-0.05, 0) is 73.2 Å². The van der Waals surface area contributed by atoms with Crippen molar-refractivity contribution in [2.24, 2.45) is 5.92 Å². The van der Waals surface area contributed by atoms with Crippen molar-refractivity contribution in [3.63, 3.8) is 0 Å². The van der Waals surface area contributed by atoms with Gasteiger partial charge in [0.2, 0.25) is 5.88 Å². The molecule has 1 heterocycles. The van der Waals surface area contributed by atoms with Crippen LogP contribution in [0.25, 0.3) is 10.9 Å². The maximum atomic E-state index is 5.86. The molecule has 1 radical (unpaired) electrons. The molecule has 1 saturated carbocycles. The monoisotopic (exact) mass is 318 g/mol. The lowest BCUT2D eigenvalue weighted by Crippen LogP contribution is -1.98. The average Bonchev–Trinajstić information content (AvgIpc) is 3.45. The maximum absolute atomic E-state index is 5.86. The Bertz CT molecular complexity index is 838. The highest BCUT2D eigenvalue weighted by Gasteiger charge is 2.21. The second-order valence-corrected chi connectivity index (χ2v) is 6.22. The molecule has 121 valence electrons. The summed E-state index contributed by atoms with van der Waals surface area (Å²) in [5.41, 5.74) is 2.13. The molecule has 0 bridgehead atoms. The van der Waals surface area contributed by atoms with Crippen LogP contribution in [0.3, 0.4) is 0 Å². The Balaban J connectivity index is 1.46. The molecule has 3 nitrogen and oxygen atoms in total. The average molecular weight is 318 g/mol. The van der Waals surface area contributed by atoms with Gasteiger partial charge >= 0.3 is 0 Å². The van der Waals surface area contributed by atoms with Crippen molar-refractivity contribution in [2.75, 3.05) is 6.61 Å². The van der Waals surface area contributed by atoms with E-state index in [1.54, 1.807) is 0 Å². The van der Waals surface area contributed by atoms with Crippen LogP contribution in [0, 0.1) is 12.3 Å². The number of hydrogen-bond acceptors (Lipinski definition) is 3. The van der Waals surface area contributed by atoms with E-state index in [4.69, 9.17) is 9.47 Å². The van der Waals surface area contributed by atoms with Gasteiger partial charge in [-0.15, -0.1) is 0 Å². The fourth-order valence-corrected chi connectivity index (χ4v) is 2.59. The zero-order valence-electron chi connectivity index (χ0n) is 13.7. The van der Waals surface area contributed by atoms with Crippen LogP contribution in [0.5, 0.6) is 17.4 Å². The van der Waals surface area contributed by atoms with Gasteiger partial charge in [0.15, 0.2) is 0 Å². The molecule has 1 aromatic heterocycles. The second kappa shape index (κ2) is 6.52. The van der Waals surface area contributed by atoms with E-state index in [-0.39, 0.29) is 0 Å². The molecule has 2 aromatic carbocycles. The summed E-state index contributed by atoms with van der Waals surface area (Å²) >= 11 is 0. The van der Waals surface area contributed by atoms with Crippen LogP contribution in [-0.4, -0.2) is 11.6 Å². The lowest BCUT2D eigenvalue weighted by Gasteiger charge is -2.08. The van der Waals surface area contributed by atoms with Crippen LogP contribution in [0.1, 0.15) is 25.3 Å². The predicted octanol–water partition coefficient (Wildman–Crippen LogP) is 5.39. The van der Waals surface area contributed by atoms with E-state index in [1.807, 2.05) is 49.4 Å². The molecule has 1 fully saturated rings. The topological polar surface area (TPSA) is 31.4 Å². The minimum Gasteiger partial charge on any atom is -0.493 e. The van der Waals surface area contributed by atoms with Gasteiger partial charge in [-0.25, -0.2) is 4.98 Å². The van der Waals surface area contributed by atoms with Crippen LogP contribution in [0.4, 0.5) is 0 Å². The Kier molecular flexibility index (Phi) is 4.08. The van der Waals surface area contributed by atoms with Crippen molar-refractivity contribution >= 4 is 10.9 Å². The third-order valence-electron chi connectivity index (χ3n) is 4.25. The summed E-state index contributed by atoms with van der Waals surface area (Å²) in [4.78, 5) is 4.57. The molecule has 1 aliphatic rings. The number of ether oxygens (including phenoxy) is 2. The SMILES string of the molecule is C[CH]c1ccc2nc(Oc3ccc(OCC4CC4)cc3)ccc2c1. The van der Waals surface area contributed by atoms with Gasteiger partial charge in [-0.2, -0.15) is 0 Å². The van der Waals surface area contributed by atoms with Gasteiger partial charge < -0.3 is 9.47 Å². The highest BCUT2D eigenvalue weighted by molar-refractivity contribution is 5.80. The summed E-state index contributed by atoms with van der Waals surface area (Å²) in [6, 6.07) is 17.9. The molecule has 24 heavy (non-hydrogen) atoms. The first-order chi connectivity index (χ1) is 11.8. The van der Waals surface area contributed by atoms with E-state index in [0.29, 0.717) is 5.88 Å². The minimum atomic E-state index is 0.599. The number of pyridine rings is 1. The summed E-state index contributed by atoms with van der Waals surface area (Å²) in [7, 11) is 0.